The lowest BCUT2D eigenvalue weighted by Gasteiger charge is -2.17. The molecule has 0 fully saturated rings. The highest BCUT2D eigenvalue weighted by Gasteiger charge is 2.22. The predicted molar refractivity (Wildman–Crippen MR) is 152 cm³/mol. The number of aromatic nitrogens is 2. The molecule has 0 aliphatic rings. The molecule has 2 aromatic heterocycles. The van der Waals surface area contributed by atoms with Gasteiger partial charge in [0.2, 0.25) is 11.8 Å². The molecule has 0 aliphatic carbocycles. The monoisotopic (exact) mass is 535 g/mol. The summed E-state index contributed by atoms with van der Waals surface area (Å²) in [6, 6.07) is 10.4. The summed E-state index contributed by atoms with van der Waals surface area (Å²) in [6.45, 7) is 4.65. The van der Waals surface area contributed by atoms with Crippen molar-refractivity contribution in [1.82, 2.24) is 19.8 Å². The van der Waals surface area contributed by atoms with E-state index in [0.29, 0.717) is 18.9 Å². The largest absolute Gasteiger partial charge is 0.453 e. The molecule has 39 heavy (non-hydrogen) atoms. The quantitative estimate of drug-likeness (QED) is 0.323. The molecule has 10 heteroatoms. The number of alkyl carbamates (subject to hydrolysis) is 1. The molecule has 2 heterocycles. The van der Waals surface area contributed by atoms with Gasteiger partial charge in [-0.1, -0.05) is 38.1 Å². The van der Waals surface area contributed by atoms with Crippen molar-refractivity contribution in [2.75, 3.05) is 26.5 Å². The smallest absolute Gasteiger partial charge is 0.407 e. The molecule has 3 rings (SSSR count). The Morgan fingerprint density at radius 3 is 2.62 bits per heavy atom. The van der Waals surface area contributed by atoms with E-state index in [0.717, 1.165) is 23.0 Å². The zero-order chi connectivity index (χ0) is 28.5. The number of para-hydroxylation sites is 1. The van der Waals surface area contributed by atoms with Gasteiger partial charge in [-0.15, -0.1) is 0 Å². The van der Waals surface area contributed by atoms with Crippen LogP contribution < -0.4 is 16.2 Å². The summed E-state index contributed by atoms with van der Waals surface area (Å²) in [5, 5.41) is 6.21. The number of aromatic amines is 1. The minimum Gasteiger partial charge on any atom is -0.453 e. The molecule has 3 N–H and O–H groups in total. The lowest BCUT2D eigenvalue weighted by atomic mass is 10.0. The standard InChI is InChI=1S/C29H37N5O5/c1-19(2)16-20-10-8-11-21-17-22(30-26(20)21)18-34-15-9-13-24(28(34)37)31-27(36)23(32-29(38)39-5)12-6-7-14-25(35)33(3)4/h7-11,13-15,17,19,23,30H,6,12,16,18H2,1-5H3,(H,31,36)(H,32,38). The average Bonchev–Trinajstić information content (AvgIpc) is 3.31. The molecule has 208 valence electrons. The van der Waals surface area contributed by atoms with Crippen LogP contribution in [0.25, 0.3) is 10.9 Å². The number of ether oxygens (including phenoxy) is 1. The van der Waals surface area contributed by atoms with Crippen molar-refractivity contribution >= 4 is 34.5 Å². The molecule has 0 bridgehead atoms. The first kappa shape index (κ1) is 29.2. The number of nitrogens with zero attached hydrogens (tertiary/aromatic N) is 2. The first-order valence-corrected chi connectivity index (χ1v) is 12.9. The number of likely N-dealkylation sites (N-methyl/N-ethyl adjacent to an activating group) is 1. The molecule has 0 saturated heterocycles. The van der Waals surface area contributed by atoms with Crippen LogP contribution in [0.15, 0.2) is 59.5 Å². The predicted octanol–water partition coefficient (Wildman–Crippen LogP) is 3.66. The van der Waals surface area contributed by atoms with E-state index in [2.05, 4.69) is 40.3 Å². The van der Waals surface area contributed by atoms with Gasteiger partial charge in [-0.3, -0.25) is 14.4 Å². The van der Waals surface area contributed by atoms with Crippen LogP contribution in [0.3, 0.4) is 0 Å². The van der Waals surface area contributed by atoms with Gasteiger partial charge >= 0.3 is 6.09 Å². The van der Waals surface area contributed by atoms with Gasteiger partial charge in [0.05, 0.1) is 13.7 Å². The van der Waals surface area contributed by atoms with Gasteiger partial charge in [-0.2, -0.15) is 0 Å². The molecule has 0 aliphatic heterocycles. The van der Waals surface area contributed by atoms with Gasteiger partial charge in [-0.25, -0.2) is 4.79 Å². The third-order valence-corrected chi connectivity index (χ3v) is 6.16. The molecule has 1 aromatic carbocycles. The van der Waals surface area contributed by atoms with Crippen LogP contribution >= 0.6 is 0 Å². The Labute approximate surface area is 228 Å². The summed E-state index contributed by atoms with van der Waals surface area (Å²) >= 11 is 0. The van der Waals surface area contributed by atoms with Crippen LogP contribution in [0.5, 0.6) is 0 Å². The maximum absolute atomic E-state index is 13.2. The van der Waals surface area contributed by atoms with Crippen molar-refractivity contribution in [3.05, 3.63) is 76.4 Å². The van der Waals surface area contributed by atoms with Crippen LogP contribution in [0.2, 0.25) is 0 Å². The number of hydrogen-bond acceptors (Lipinski definition) is 5. The van der Waals surface area contributed by atoms with E-state index in [4.69, 9.17) is 0 Å². The number of nitrogens with one attached hydrogen (secondary N) is 3. The highest BCUT2D eigenvalue weighted by atomic mass is 16.5. The Morgan fingerprint density at radius 1 is 1.15 bits per heavy atom. The number of anilines is 1. The van der Waals surface area contributed by atoms with Crippen molar-refractivity contribution in [3.8, 4) is 0 Å². The number of amides is 3. The summed E-state index contributed by atoms with van der Waals surface area (Å²) in [4.78, 5) is 54.7. The zero-order valence-corrected chi connectivity index (χ0v) is 23.1. The molecule has 0 spiro atoms. The molecule has 3 aromatic rings. The summed E-state index contributed by atoms with van der Waals surface area (Å²) in [6.07, 6.45) is 5.41. The Kier molecular flexibility index (Phi) is 10.1. The lowest BCUT2D eigenvalue weighted by Crippen LogP contribution is -2.44. The number of pyridine rings is 1. The van der Waals surface area contributed by atoms with Gasteiger partial charge in [0.15, 0.2) is 0 Å². The van der Waals surface area contributed by atoms with Crippen LogP contribution in [0.1, 0.15) is 37.9 Å². The van der Waals surface area contributed by atoms with Gasteiger partial charge in [0.1, 0.15) is 11.7 Å². The minimum absolute atomic E-state index is 0.0918. The van der Waals surface area contributed by atoms with Gasteiger partial charge in [0, 0.05) is 31.5 Å². The SMILES string of the molecule is COC(=O)NC(CCC=CC(=O)N(C)C)C(=O)Nc1cccn(Cc2cc3cccc(CC(C)C)c3[nH]2)c1=O. The second kappa shape index (κ2) is 13.5. The van der Waals surface area contributed by atoms with E-state index in [1.807, 2.05) is 18.2 Å². The Hall–Kier alpha value is -4.34. The van der Waals surface area contributed by atoms with E-state index < -0.39 is 18.0 Å². The number of carbonyl (C=O) groups excluding carboxylic acids is 3. The van der Waals surface area contributed by atoms with Crippen LogP contribution in [0.4, 0.5) is 10.5 Å². The molecule has 0 radical (unpaired) electrons. The van der Waals surface area contributed by atoms with Crippen molar-refractivity contribution in [3.63, 3.8) is 0 Å². The summed E-state index contributed by atoms with van der Waals surface area (Å²) in [7, 11) is 4.47. The molecule has 3 amide bonds. The van der Waals surface area contributed by atoms with E-state index in [1.54, 1.807) is 32.4 Å². The summed E-state index contributed by atoms with van der Waals surface area (Å²) in [5.74, 6) is -0.237. The van der Waals surface area contributed by atoms with E-state index >= 15 is 0 Å². The Balaban J connectivity index is 1.75. The number of allylic oxidation sites excluding steroid dienone is 1. The molecular formula is C29H37N5O5. The fraction of sp³-hybridized carbons (Fsp3) is 0.379. The highest BCUT2D eigenvalue weighted by Crippen LogP contribution is 2.22. The third kappa shape index (κ3) is 8.07. The number of carbonyl (C=O) groups is 3. The topological polar surface area (TPSA) is 126 Å². The van der Waals surface area contributed by atoms with Gasteiger partial charge in [0.25, 0.3) is 5.56 Å². The number of fused-ring (bicyclic) bond motifs is 1. The van der Waals surface area contributed by atoms with Gasteiger partial charge < -0.3 is 29.8 Å². The number of hydrogen-bond donors (Lipinski definition) is 3. The Bertz CT molecular complexity index is 1400. The third-order valence-electron chi connectivity index (χ3n) is 6.16. The fourth-order valence-electron chi connectivity index (χ4n) is 4.20. The number of H-pyrrole nitrogens is 1. The lowest BCUT2D eigenvalue weighted by molar-refractivity contribution is -0.123. The van der Waals surface area contributed by atoms with Crippen molar-refractivity contribution in [2.24, 2.45) is 5.92 Å². The molecule has 1 atom stereocenters. The van der Waals surface area contributed by atoms with Crippen molar-refractivity contribution in [1.29, 1.82) is 0 Å². The molecule has 0 saturated carbocycles. The van der Waals surface area contributed by atoms with E-state index in [-0.39, 0.29) is 23.6 Å². The minimum atomic E-state index is -0.974. The summed E-state index contributed by atoms with van der Waals surface area (Å²) < 4.78 is 6.16. The van der Waals surface area contributed by atoms with Crippen LogP contribution in [0, 0.1) is 5.92 Å². The first-order chi connectivity index (χ1) is 18.6. The van der Waals surface area contributed by atoms with Crippen molar-refractivity contribution < 1.29 is 19.1 Å². The second-order valence-corrected chi connectivity index (χ2v) is 10.0. The maximum atomic E-state index is 13.2. The van der Waals surface area contributed by atoms with E-state index in [1.165, 1.54) is 34.3 Å². The Morgan fingerprint density at radius 2 is 1.92 bits per heavy atom. The number of rotatable bonds is 11. The van der Waals surface area contributed by atoms with Crippen LogP contribution in [-0.4, -0.2) is 59.6 Å². The van der Waals surface area contributed by atoms with Crippen LogP contribution in [-0.2, 0) is 27.3 Å². The van der Waals surface area contributed by atoms with E-state index in [9.17, 15) is 19.2 Å². The normalized spacial score (nSPS) is 12.1. The highest BCUT2D eigenvalue weighted by molar-refractivity contribution is 5.96. The molecular weight excluding hydrogens is 498 g/mol. The second-order valence-electron chi connectivity index (χ2n) is 10.0. The molecule has 1 unspecified atom stereocenters. The number of benzene rings is 1. The molecule has 10 nitrogen and oxygen atoms in total. The fourth-order valence-corrected chi connectivity index (χ4v) is 4.20. The van der Waals surface area contributed by atoms with Crippen molar-refractivity contribution in [2.45, 2.75) is 45.7 Å². The van der Waals surface area contributed by atoms with Gasteiger partial charge in [-0.05, 0) is 60.4 Å². The average molecular weight is 536 g/mol. The number of methoxy groups -OCH3 is 1. The summed E-state index contributed by atoms with van der Waals surface area (Å²) in [5.41, 5.74) is 2.88. The maximum Gasteiger partial charge on any atom is 0.407 e. The first-order valence-electron chi connectivity index (χ1n) is 12.9. The zero-order valence-electron chi connectivity index (χ0n) is 23.1.